The minimum Gasteiger partial charge on any atom is -0.316 e. The smallest absolute Gasteiger partial charge is 0.316 e. The number of alkyl halides is 2. The number of halogens is 3. The van der Waals surface area contributed by atoms with Crippen LogP contribution < -0.4 is 0 Å². The molecule has 0 radical (unpaired) electrons. The number of ether oxygens (including phenoxy) is 1. The Morgan fingerprint density at radius 3 is 2.83 bits per heavy atom. The third-order valence-electron chi connectivity index (χ3n) is 1.09. The average Bonchev–Trinajstić information content (AvgIpc) is 2.03. The number of aromatic nitrogens is 2. The Bertz CT molecular complexity index is 256. The van der Waals surface area contributed by atoms with E-state index in [1.54, 1.807) is 0 Å². The van der Waals surface area contributed by atoms with Crippen molar-refractivity contribution in [3.8, 4) is 0 Å². The van der Waals surface area contributed by atoms with Crippen LogP contribution in [-0.2, 0) is 11.3 Å². The van der Waals surface area contributed by atoms with E-state index in [0.717, 1.165) is 12.5 Å². The van der Waals surface area contributed by atoms with Crippen LogP contribution in [-0.4, -0.2) is 16.6 Å². The van der Waals surface area contributed by atoms with E-state index in [2.05, 4.69) is 14.7 Å². The Morgan fingerprint density at radius 2 is 2.25 bits per heavy atom. The van der Waals surface area contributed by atoms with E-state index >= 15 is 0 Å². The highest BCUT2D eigenvalue weighted by molar-refractivity contribution is 4.99. The van der Waals surface area contributed by atoms with E-state index in [-0.39, 0.29) is 5.69 Å². The lowest BCUT2D eigenvalue weighted by atomic mass is 10.4. The quantitative estimate of drug-likeness (QED) is 0.700. The normalized spacial score (nSPS) is 10.7. The zero-order chi connectivity index (χ0) is 8.97. The Balaban J connectivity index is 2.57. The second-order valence-corrected chi connectivity index (χ2v) is 1.89. The van der Waals surface area contributed by atoms with Crippen molar-refractivity contribution >= 4 is 0 Å². The van der Waals surface area contributed by atoms with Crippen LogP contribution in [0.5, 0.6) is 0 Å². The summed E-state index contributed by atoms with van der Waals surface area (Å²) in [6.45, 7) is -3.47. The molecule has 12 heavy (non-hydrogen) atoms. The van der Waals surface area contributed by atoms with Crippen LogP contribution in [0.2, 0.25) is 0 Å². The van der Waals surface area contributed by atoms with E-state index in [0.29, 0.717) is 0 Å². The van der Waals surface area contributed by atoms with E-state index in [4.69, 9.17) is 0 Å². The first-order chi connectivity index (χ1) is 5.70. The largest absolute Gasteiger partial charge is 0.345 e. The van der Waals surface area contributed by atoms with Gasteiger partial charge in [-0.25, -0.2) is 14.4 Å². The first-order valence-electron chi connectivity index (χ1n) is 3.04. The average molecular weight is 178 g/mol. The predicted octanol–water partition coefficient (Wildman–Crippen LogP) is 1.35. The van der Waals surface area contributed by atoms with Crippen molar-refractivity contribution in [2.45, 2.75) is 13.2 Å². The minimum atomic E-state index is -2.92. The minimum absolute atomic E-state index is 0.176. The molecule has 66 valence electrons. The molecule has 1 heterocycles. The van der Waals surface area contributed by atoms with Crippen LogP contribution in [0, 0.1) is 5.82 Å². The zero-order valence-electron chi connectivity index (χ0n) is 5.88. The second kappa shape index (κ2) is 4.01. The van der Waals surface area contributed by atoms with Gasteiger partial charge in [-0.05, 0) is 0 Å². The van der Waals surface area contributed by atoms with Crippen LogP contribution in [0.25, 0.3) is 0 Å². The maximum Gasteiger partial charge on any atom is 0.345 e. The van der Waals surface area contributed by atoms with E-state index in [1.807, 2.05) is 0 Å². The van der Waals surface area contributed by atoms with Gasteiger partial charge in [-0.3, -0.25) is 0 Å². The molecule has 0 aliphatic carbocycles. The van der Waals surface area contributed by atoms with Gasteiger partial charge in [0.2, 0.25) is 0 Å². The Labute approximate surface area is 66.2 Å². The summed E-state index contributed by atoms with van der Waals surface area (Å²) in [5.41, 5.74) is -0.176. The van der Waals surface area contributed by atoms with Crippen LogP contribution in [0.4, 0.5) is 13.2 Å². The van der Waals surface area contributed by atoms with Crippen LogP contribution in [0.15, 0.2) is 12.5 Å². The molecule has 3 nitrogen and oxygen atoms in total. The fraction of sp³-hybridized carbons (Fsp3) is 0.333. The molecule has 1 aromatic heterocycles. The molecule has 0 saturated carbocycles. The fourth-order valence-electron chi connectivity index (χ4n) is 0.586. The summed E-state index contributed by atoms with van der Waals surface area (Å²) in [5, 5.41) is 0. The summed E-state index contributed by atoms with van der Waals surface area (Å²) in [4.78, 5) is 6.75. The van der Waals surface area contributed by atoms with Crippen LogP contribution in [0.3, 0.4) is 0 Å². The summed E-state index contributed by atoms with van der Waals surface area (Å²) >= 11 is 0. The molecular formula is C6H5F3N2O. The first-order valence-corrected chi connectivity index (χ1v) is 3.04. The molecule has 0 atom stereocenters. The highest BCUT2D eigenvalue weighted by atomic mass is 19.3. The second-order valence-electron chi connectivity index (χ2n) is 1.89. The molecule has 0 aliphatic heterocycles. The summed E-state index contributed by atoms with van der Waals surface area (Å²) < 4.78 is 39.4. The van der Waals surface area contributed by atoms with Gasteiger partial charge in [-0.15, -0.1) is 0 Å². The molecule has 0 unspecified atom stereocenters. The Morgan fingerprint density at radius 1 is 1.50 bits per heavy atom. The van der Waals surface area contributed by atoms with Crippen LogP contribution >= 0.6 is 0 Å². The van der Waals surface area contributed by atoms with Crippen LogP contribution in [0.1, 0.15) is 5.69 Å². The van der Waals surface area contributed by atoms with E-state index in [9.17, 15) is 13.2 Å². The lowest BCUT2D eigenvalue weighted by Crippen LogP contribution is -2.03. The molecule has 0 N–H and O–H groups in total. The Kier molecular flexibility index (Phi) is 2.98. The van der Waals surface area contributed by atoms with Gasteiger partial charge in [-0.2, -0.15) is 8.78 Å². The standard InChI is InChI=1S/C6H5F3N2O/c7-4-1-10-3-11-5(4)2-12-6(8)9/h1,3,6H,2H2. The summed E-state index contributed by atoms with van der Waals surface area (Å²) in [7, 11) is 0. The highest BCUT2D eigenvalue weighted by Gasteiger charge is 2.07. The van der Waals surface area contributed by atoms with Crippen molar-refractivity contribution in [2.75, 3.05) is 0 Å². The first kappa shape index (κ1) is 8.92. The van der Waals surface area contributed by atoms with Crippen molar-refractivity contribution in [3.05, 3.63) is 24.0 Å². The van der Waals surface area contributed by atoms with Gasteiger partial charge in [0.1, 0.15) is 12.0 Å². The summed E-state index contributed by atoms with van der Waals surface area (Å²) in [5.74, 6) is -0.752. The third-order valence-corrected chi connectivity index (χ3v) is 1.09. The maximum atomic E-state index is 12.6. The van der Waals surface area contributed by atoms with Crippen molar-refractivity contribution in [1.29, 1.82) is 0 Å². The van der Waals surface area contributed by atoms with Gasteiger partial charge in [-0.1, -0.05) is 0 Å². The number of rotatable bonds is 3. The van der Waals surface area contributed by atoms with Gasteiger partial charge < -0.3 is 4.74 Å². The van der Waals surface area contributed by atoms with Gasteiger partial charge in [0.25, 0.3) is 0 Å². The molecule has 0 aliphatic rings. The molecule has 0 spiro atoms. The van der Waals surface area contributed by atoms with Gasteiger partial charge >= 0.3 is 6.61 Å². The lowest BCUT2D eigenvalue weighted by Gasteiger charge is -2.01. The third kappa shape index (κ3) is 2.46. The molecule has 0 saturated heterocycles. The molecule has 6 heteroatoms. The van der Waals surface area contributed by atoms with Crippen molar-refractivity contribution in [1.82, 2.24) is 9.97 Å². The van der Waals surface area contributed by atoms with E-state index < -0.39 is 19.0 Å². The van der Waals surface area contributed by atoms with Crippen molar-refractivity contribution in [3.63, 3.8) is 0 Å². The monoisotopic (exact) mass is 178 g/mol. The summed E-state index contributed by atoms with van der Waals surface area (Å²) in [6, 6.07) is 0. The summed E-state index contributed by atoms with van der Waals surface area (Å²) in [6.07, 6.45) is 1.95. The molecule has 0 fully saturated rings. The Hall–Kier alpha value is -1.17. The topological polar surface area (TPSA) is 35.0 Å². The molecular weight excluding hydrogens is 173 g/mol. The molecule has 1 aromatic rings. The van der Waals surface area contributed by atoms with Crippen molar-refractivity contribution < 1.29 is 17.9 Å². The van der Waals surface area contributed by atoms with Gasteiger partial charge in [0.05, 0.1) is 12.8 Å². The lowest BCUT2D eigenvalue weighted by molar-refractivity contribution is -0.138. The fourth-order valence-corrected chi connectivity index (χ4v) is 0.586. The number of hydrogen-bond acceptors (Lipinski definition) is 3. The molecule has 0 amide bonds. The van der Waals surface area contributed by atoms with Crippen molar-refractivity contribution in [2.24, 2.45) is 0 Å². The molecule has 0 bridgehead atoms. The predicted molar refractivity (Wildman–Crippen MR) is 32.8 cm³/mol. The maximum absolute atomic E-state index is 12.6. The zero-order valence-corrected chi connectivity index (χ0v) is 5.88. The number of hydrogen-bond donors (Lipinski definition) is 0. The van der Waals surface area contributed by atoms with Gasteiger partial charge in [0.15, 0.2) is 5.82 Å². The molecule has 1 rings (SSSR count). The molecule has 0 aromatic carbocycles. The SMILES string of the molecule is Fc1cncnc1COC(F)F. The van der Waals surface area contributed by atoms with Gasteiger partial charge in [0, 0.05) is 0 Å². The van der Waals surface area contributed by atoms with E-state index in [1.165, 1.54) is 0 Å². The highest BCUT2D eigenvalue weighted by Crippen LogP contribution is 2.05. The number of nitrogens with zero attached hydrogens (tertiary/aromatic N) is 2.